The van der Waals surface area contributed by atoms with Gasteiger partial charge in [0.1, 0.15) is 0 Å². The van der Waals surface area contributed by atoms with Crippen LogP contribution in [0.5, 0.6) is 23.0 Å². The maximum absolute atomic E-state index is 12.2. The molecule has 3 rings (SSSR count). The van der Waals surface area contributed by atoms with E-state index in [1.165, 1.54) is 6.21 Å². The number of phenolic OH excluding ortho intramolecular Hbond substituents is 1. The molecule has 1 aliphatic heterocycles. The average molecular weight is 425 g/mol. The molecule has 31 heavy (non-hydrogen) atoms. The molecule has 9 heteroatoms. The second-order valence-corrected chi connectivity index (χ2v) is 6.50. The van der Waals surface area contributed by atoms with Gasteiger partial charge in [-0.3, -0.25) is 9.59 Å². The van der Waals surface area contributed by atoms with Gasteiger partial charge in [0.05, 0.1) is 19.4 Å². The molecule has 0 saturated heterocycles. The lowest BCUT2D eigenvalue weighted by atomic mass is 10.1. The first-order valence-electron chi connectivity index (χ1n) is 9.61. The summed E-state index contributed by atoms with van der Waals surface area (Å²) in [5.74, 6) is 0.506. The number of nitrogens with zero attached hydrogens (tertiary/aromatic N) is 1. The zero-order valence-electron chi connectivity index (χ0n) is 17.0. The summed E-state index contributed by atoms with van der Waals surface area (Å²) in [6, 6.07) is 8.10. The van der Waals surface area contributed by atoms with Crippen LogP contribution in [0.15, 0.2) is 48.1 Å². The van der Waals surface area contributed by atoms with Gasteiger partial charge in [-0.05, 0) is 49.2 Å². The van der Waals surface area contributed by atoms with Gasteiger partial charge in [0.2, 0.25) is 6.79 Å². The van der Waals surface area contributed by atoms with Crippen LogP contribution in [-0.4, -0.2) is 43.1 Å². The molecule has 162 valence electrons. The van der Waals surface area contributed by atoms with Crippen LogP contribution in [-0.2, 0) is 11.2 Å². The number of hydrogen-bond donors (Lipinski definition) is 3. The Morgan fingerprint density at radius 2 is 2.06 bits per heavy atom. The van der Waals surface area contributed by atoms with Crippen molar-refractivity contribution in [1.82, 2.24) is 10.7 Å². The minimum Gasteiger partial charge on any atom is -0.504 e. The fourth-order valence-corrected chi connectivity index (χ4v) is 2.86. The van der Waals surface area contributed by atoms with E-state index in [1.54, 1.807) is 36.4 Å². The summed E-state index contributed by atoms with van der Waals surface area (Å²) in [7, 11) is 0. The normalized spacial score (nSPS) is 11.9. The lowest BCUT2D eigenvalue weighted by Gasteiger charge is -2.10. The highest BCUT2D eigenvalue weighted by Gasteiger charge is 2.16. The van der Waals surface area contributed by atoms with Crippen LogP contribution in [0.4, 0.5) is 0 Å². The Morgan fingerprint density at radius 3 is 2.84 bits per heavy atom. The van der Waals surface area contributed by atoms with Gasteiger partial charge in [0, 0.05) is 11.1 Å². The third kappa shape index (κ3) is 5.53. The number of ether oxygens (including phenoxy) is 3. The van der Waals surface area contributed by atoms with Crippen molar-refractivity contribution >= 4 is 18.0 Å². The topological polar surface area (TPSA) is 118 Å². The van der Waals surface area contributed by atoms with Crippen molar-refractivity contribution in [3.63, 3.8) is 0 Å². The molecule has 0 unspecified atom stereocenters. The van der Waals surface area contributed by atoms with Crippen molar-refractivity contribution in [2.45, 2.75) is 13.3 Å². The molecule has 1 aliphatic rings. The number of hydrazone groups is 1. The summed E-state index contributed by atoms with van der Waals surface area (Å²) in [5, 5.41) is 16.6. The smallest absolute Gasteiger partial charge is 0.259 e. The molecule has 0 radical (unpaired) electrons. The number of phenols is 1. The predicted octanol–water partition coefficient (Wildman–Crippen LogP) is 2.13. The van der Waals surface area contributed by atoms with Crippen LogP contribution in [0.25, 0.3) is 0 Å². The molecular formula is C22H23N3O6. The number of allylic oxidation sites excluding steroid dienone is 1. The number of carbonyl (C=O) groups excluding carboxylic acids is 2. The van der Waals surface area contributed by atoms with Crippen molar-refractivity contribution in [2.24, 2.45) is 5.10 Å². The number of benzene rings is 2. The highest BCUT2D eigenvalue weighted by Crippen LogP contribution is 2.33. The van der Waals surface area contributed by atoms with E-state index in [2.05, 4.69) is 22.4 Å². The molecule has 2 amide bonds. The molecule has 0 atom stereocenters. The van der Waals surface area contributed by atoms with Gasteiger partial charge in [-0.1, -0.05) is 6.08 Å². The first-order chi connectivity index (χ1) is 15.0. The number of rotatable bonds is 9. The fourth-order valence-electron chi connectivity index (χ4n) is 2.86. The van der Waals surface area contributed by atoms with Crippen molar-refractivity contribution in [3.05, 3.63) is 59.7 Å². The standard InChI is InChI=1S/C22H23N3O6/c1-3-5-15-8-14(9-19(21(15)27)29-4-2)11-24-25-20(26)12-23-22(28)16-6-7-17-18(10-16)31-13-30-17/h3,6-11,27H,1,4-5,12-13H2,2H3,(H,23,28)(H,25,26). The number of carbonyl (C=O) groups is 2. The van der Waals surface area contributed by atoms with Gasteiger partial charge in [0.25, 0.3) is 11.8 Å². The third-order valence-corrected chi connectivity index (χ3v) is 4.29. The Bertz CT molecular complexity index is 1020. The summed E-state index contributed by atoms with van der Waals surface area (Å²) in [4.78, 5) is 24.2. The second kappa shape index (κ2) is 10.1. The maximum Gasteiger partial charge on any atom is 0.259 e. The van der Waals surface area contributed by atoms with Gasteiger partial charge in [-0.25, -0.2) is 5.43 Å². The molecule has 3 N–H and O–H groups in total. The minimum atomic E-state index is -0.500. The second-order valence-electron chi connectivity index (χ2n) is 6.50. The fraction of sp³-hybridized carbons (Fsp3) is 0.227. The monoisotopic (exact) mass is 425 g/mol. The van der Waals surface area contributed by atoms with Crippen molar-refractivity contribution in [2.75, 3.05) is 19.9 Å². The first-order valence-corrected chi connectivity index (χ1v) is 9.61. The molecule has 9 nitrogen and oxygen atoms in total. The molecule has 0 spiro atoms. The van der Waals surface area contributed by atoms with Gasteiger partial charge in [-0.2, -0.15) is 5.10 Å². The molecule has 0 saturated carbocycles. The van der Waals surface area contributed by atoms with E-state index in [0.29, 0.717) is 47.0 Å². The van der Waals surface area contributed by atoms with Gasteiger partial charge in [-0.15, -0.1) is 6.58 Å². The van der Waals surface area contributed by atoms with Crippen LogP contribution in [0, 0.1) is 0 Å². The Kier molecular flexibility index (Phi) is 7.10. The average Bonchev–Trinajstić information content (AvgIpc) is 3.23. The van der Waals surface area contributed by atoms with Crippen LogP contribution in [0.2, 0.25) is 0 Å². The molecule has 0 aliphatic carbocycles. The molecule has 0 fully saturated rings. The quantitative estimate of drug-likeness (QED) is 0.322. The van der Waals surface area contributed by atoms with E-state index in [1.807, 2.05) is 6.92 Å². The summed E-state index contributed by atoms with van der Waals surface area (Å²) in [5.41, 5.74) is 3.95. The summed E-state index contributed by atoms with van der Waals surface area (Å²) >= 11 is 0. The number of aromatic hydroxyl groups is 1. The third-order valence-electron chi connectivity index (χ3n) is 4.29. The maximum atomic E-state index is 12.2. The van der Waals surface area contributed by atoms with Crippen LogP contribution < -0.4 is 25.0 Å². The zero-order chi connectivity index (χ0) is 22.2. The lowest BCUT2D eigenvalue weighted by Crippen LogP contribution is -2.34. The number of amides is 2. The molecule has 0 aromatic heterocycles. The Morgan fingerprint density at radius 1 is 1.26 bits per heavy atom. The Labute approximate surface area is 179 Å². The van der Waals surface area contributed by atoms with E-state index in [-0.39, 0.29) is 19.1 Å². The zero-order valence-corrected chi connectivity index (χ0v) is 17.0. The van der Waals surface area contributed by atoms with Crippen molar-refractivity contribution in [3.8, 4) is 23.0 Å². The number of hydrogen-bond acceptors (Lipinski definition) is 7. The van der Waals surface area contributed by atoms with Gasteiger partial charge in [0.15, 0.2) is 23.0 Å². The van der Waals surface area contributed by atoms with Crippen LogP contribution in [0.1, 0.15) is 28.4 Å². The molecule has 2 aromatic carbocycles. The van der Waals surface area contributed by atoms with E-state index < -0.39 is 11.8 Å². The molecular weight excluding hydrogens is 402 g/mol. The van der Waals surface area contributed by atoms with Crippen LogP contribution >= 0.6 is 0 Å². The van der Waals surface area contributed by atoms with Crippen molar-refractivity contribution in [1.29, 1.82) is 0 Å². The highest BCUT2D eigenvalue weighted by molar-refractivity contribution is 5.97. The summed E-state index contributed by atoms with van der Waals surface area (Å²) in [6.45, 7) is 5.73. The highest BCUT2D eigenvalue weighted by atomic mass is 16.7. The van der Waals surface area contributed by atoms with Crippen LogP contribution in [0.3, 0.4) is 0 Å². The van der Waals surface area contributed by atoms with E-state index in [9.17, 15) is 14.7 Å². The van der Waals surface area contributed by atoms with E-state index in [0.717, 1.165) is 0 Å². The summed E-state index contributed by atoms with van der Waals surface area (Å²) in [6.07, 6.45) is 3.54. The van der Waals surface area contributed by atoms with Gasteiger partial charge >= 0.3 is 0 Å². The van der Waals surface area contributed by atoms with Gasteiger partial charge < -0.3 is 24.6 Å². The largest absolute Gasteiger partial charge is 0.504 e. The SMILES string of the molecule is C=CCc1cc(C=NNC(=O)CNC(=O)c2ccc3c(c2)OCO3)cc(OCC)c1O. The molecule has 1 heterocycles. The van der Waals surface area contributed by atoms with E-state index in [4.69, 9.17) is 14.2 Å². The molecule has 2 aromatic rings. The summed E-state index contributed by atoms with van der Waals surface area (Å²) < 4.78 is 15.9. The first kappa shape index (κ1) is 21.7. The minimum absolute atomic E-state index is 0.0502. The van der Waals surface area contributed by atoms with Crippen molar-refractivity contribution < 1.29 is 28.9 Å². The number of fused-ring (bicyclic) bond motifs is 1. The lowest BCUT2D eigenvalue weighted by molar-refractivity contribution is -0.120. The molecule has 0 bridgehead atoms. The number of nitrogens with one attached hydrogen (secondary N) is 2. The predicted molar refractivity (Wildman–Crippen MR) is 114 cm³/mol. The Balaban J connectivity index is 1.55. The Hall–Kier alpha value is -4.01. The van der Waals surface area contributed by atoms with E-state index >= 15 is 0 Å².